The van der Waals surface area contributed by atoms with Crippen molar-refractivity contribution in [3.63, 3.8) is 0 Å². The van der Waals surface area contributed by atoms with Gasteiger partial charge in [-0.25, -0.2) is 0 Å². The third-order valence-corrected chi connectivity index (χ3v) is 11.5. The van der Waals surface area contributed by atoms with Crippen LogP contribution in [0.5, 0.6) is 0 Å². The van der Waals surface area contributed by atoms with Gasteiger partial charge in [0.1, 0.15) is 6.04 Å². The van der Waals surface area contributed by atoms with Crippen LogP contribution in [0.4, 0.5) is 0 Å². The maximum Gasteiger partial charge on any atom is 0.253 e. The van der Waals surface area contributed by atoms with Crippen LogP contribution in [-0.4, -0.2) is 134 Å². The van der Waals surface area contributed by atoms with Gasteiger partial charge >= 0.3 is 0 Å². The van der Waals surface area contributed by atoms with Crippen molar-refractivity contribution < 1.29 is 9.59 Å². The predicted molar refractivity (Wildman–Crippen MR) is 201 cm³/mol. The molecule has 4 aliphatic rings. The Balaban J connectivity index is 1.39. The molecule has 52 heavy (non-hydrogen) atoms. The number of benzene rings is 2. The first kappa shape index (κ1) is 37.1. The number of aryl methyl sites for hydroxylation is 2. The maximum atomic E-state index is 13.8. The molecular weight excluding hydrogens is 655 g/mol. The molecule has 3 heterocycles. The third-order valence-electron chi connectivity index (χ3n) is 11.5. The molecule has 2 amide bonds. The summed E-state index contributed by atoms with van der Waals surface area (Å²) in [5.74, 6) is 5.67. The van der Waals surface area contributed by atoms with Gasteiger partial charge in [0.05, 0.1) is 11.5 Å². The second-order valence-electron chi connectivity index (χ2n) is 14.9. The van der Waals surface area contributed by atoms with Gasteiger partial charge in [0.15, 0.2) is 5.84 Å². The van der Waals surface area contributed by atoms with Gasteiger partial charge in [0.2, 0.25) is 0 Å². The monoisotopic (exact) mass is 707 g/mol. The number of nitrogens with one attached hydrogen (secondary N) is 2. The van der Waals surface area contributed by atoms with Crippen molar-refractivity contribution in [2.24, 2.45) is 16.2 Å². The summed E-state index contributed by atoms with van der Waals surface area (Å²) in [6.45, 7) is 13.7. The van der Waals surface area contributed by atoms with Crippen LogP contribution in [-0.2, 0) is 18.3 Å². The molecule has 3 saturated heterocycles. The SMILES string of the molecule is C=C(CN[C@@H](C)CC1(C(=N)N=NN)c2ccc(C(=O)N3CCN(C)CC3)cc2CCc2cc(C(=O)N3CCN(C)CC3)ccc21)N1CCCC1C#N. The number of nitrogens with zero attached hydrogens (tertiary/aromatic N) is 8. The lowest BCUT2D eigenvalue weighted by molar-refractivity contribution is 0.0657. The number of amides is 2. The molecular formula is C39H53N11O2. The summed E-state index contributed by atoms with van der Waals surface area (Å²) in [4.78, 5) is 37.9. The predicted octanol–water partition coefficient (Wildman–Crippen LogP) is 3.02. The normalized spacial score (nSPS) is 21.3. The van der Waals surface area contributed by atoms with E-state index in [9.17, 15) is 20.3 Å². The molecule has 1 aliphatic carbocycles. The van der Waals surface area contributed by atoms with Gasteiger partial charge in [-0.1, -0.05) is 23.9 Å². The minimum atomic E-state index is -1.09. The Morgan fingerprint density at radius 2 is 1.46 bits per heavy atom. The molecule has 0 spiro atoms. The average Bonchev–Trinajstić information content (AvgIpc) is 3.60. The van der Waals surface area contributed by atoms with Gasteiger partial charge < -0.3 is 35.7 Å². The van der Waals surface area contributed by atoms with E-state index < -0.39 is 5.41 Å². The molecule has 3 fully saturated rings. The van der Waals surface area contributed by atoms with Crippen molar-refractivity contribution in [1.82, 2.24) is 29.8 Å². The zero-order chi connectivity index (χ0) is 37.0. The van der Waals surface area contributed by atoms with Crippen LogP contribution in [0.25, 0.3) is 0 Å². The number of likely N-dealkylation sites (tertiary alicyclic amines) is 1. The van der Waals surface area contributed by atoms with E-state index >= 15 is 0 Å². The van der Waals surface area contributed by atoms with E-state index in [0.29, 0.717) is 63.1 Å². The summed E-state index contributed by atoms with van der Waals surface area (Å²) in [5.41, 5.74) is 4.72. The number of amidine groups is 1. The number of hydrogen-bond acceptors (Lipinski definition) is 9. The van der Waals surface area contributed by atoms with Crippen molar-refractivity contribution in [1.29, 1.82) is 10.7 Å². The second-order valence-corrected chi connectivity index (χ2v) is 14.9. The van der Waals surface area contributed by atoms with Gasteiger partial charge in [0, 0.05) is 88.3 Å². The molecule has 2 aromatic carbocycles. The number of nitriles is 1. The van der Waals surface area contributed by atoms with Crippen molar-refractivity contribution in [3.8, 4) is 6.07 Å². The topological polar surface area (TPSA) is 161 Å². The zero-order valence-electron chi connectivity index (χ0n) is 30.9. The van der Waals surface area contributed by atoms with Crippen molar-refractivity contribution in [3.05, 3.63) is 82.1 Å². The maximum absolute atomic E-state index is 13.8. The van der Waals surface area contributed by atoms with Gasteiger partial charge in [-0.2, -0.15) is 5.26 Å². The van der Waals surface area contributed by atoms with Crippen molar-refractivity contribution in [2.45, 2.75) is 56.5 Å². The summed E-state index contributed by atoms with van der Waals surface area (Å²) >= 11 is 0. The van der Waals surface area contributed by atoms with Crippen LogP contribution < -0.4 is 11.2 Å². The Kier molecular flexibility index (Phi) is 11.4. The first-order valence-corrected chi connectivity index (χ1v) is 18.6. The highest BCUT2D eigenvalue weighted by atomic mass is 16.2. The van der Waals surface area contributed by atoms with Gasteiger partial charge in [-0.05, 0) is 99.6 Å². The molecule has 4 N–H and O–H groups in total. The number of fused-ring (bicyclic) bond motifs is 2. The number of piperazine rings is 2. The molecule has 276 valence electrons. The molecule has 13 heteroatoms. The third kappa shape index (κ3) is 7.46. The fourth-order valence-electron chi connectivity index (χ4n) is 8.42. The fraction of sp³-hybridized carbons (Fsp3) is 0.538. The van der Waals surface area contributed by atoms with E-state index in [1.165, 1.54) is 0 Å². The highest BCUT2D eigenvalue weighted by Gasteiger charge is 2.45. The van der Waals surface area contributed by atoms with E-state index in [1.54, 1.807) is 0 Å². The summed E-state index contributed by atoms with van der Waals surface area (Å²) in [6, 6.07) is 13.8. The molecule has 0 bridgehead atoms. The first-order valence-electron chi connectivity index (χ1n) is 18.6. The summed E-state index contributed by atoms with van der Waals surface area (Å²) in [6.07, 6.45) is 3.47. The molecule has 2 atom stereocenters. The van der Waals surface area contributed by atoms with Crippen molar-refractivity contribution >= 4 is 17.6 Å². The van der Waals surface area contributed by atoms with E-state index in [2.05, 4.69) is 64.0 Å². The summed E-state index contributed by atoms with van der Waals surface area (Å²) in [7, 11) is 4.14. The first-order chi connectivity index (χ1) is 25.0. The van der Waals surface area contributed by atoms with E-state index in [-0.39, 0.29) is 29.7 Å². The largest absolute Gasteiger partial charge is 0.358 e. The fourth-order valence-corrected chi connectivity index (χ4v) is 8.42. The Hall–Kier alpha value is -4.64. The highest BCUT2D eigenvalue weighted by molar-refractivity contribution is 5.99. The molecule has 13 nitrogen and oxygen atoms in total. The van der Waals surface area contributed by atoms with E-state index in [0.717, 1.165) is 73.5 Å². The average molecular weight is 708 g/mol. The number of hydrogen-bond donors (Lipinski definition) is 3. The Bertz CT molecular complexity index is 1670. The number of carbonyl (C=O) groups excluding carboxylic acids is 2. The van der Waals surface area contributed by atoms with E-state index in [1.807, 2.05) is 46.2 Å². The smallest absolute Gasteiger partial charge is 0.253 e. The molecule has 3 aliphatic heterocycles. The van der Waals surface area contributed by atoms with Crippen LogP contribution >= 0.6 is 0 Å². The van der Waals surface area contributed by atoms with Crippen LogP contribution in [0.1, 0.15) is 69.2 Å². The quantitative estimate of drug-likeness (QED) is 0.118. The van der Waals surface area contributed by atoms with E-state index in [4.69, 9.17) is 5.84 Å². The molecule has 0 aromatic heterocycles. The summed E-state index contributed by atoms with van der Waals surface area (Å²) < 4.78 is 0. The minimum Gasteiger partial charge on any atom is -0.358 e. The number of nitrogens with two attached hydrogens (primary N) is 1. The highest BCUT2D eigenvalue weighted by Crippen LogP contribution is 2.45. The van der Waals surface area contributed by atoms with Crippen LogP contribution in [0, 0.1) is 16.7 Å². The lowest BCUT2D eigenvalue weighted by atomic mass is 9.67. The standard InChI is InChI=1S/C39H53N11O2/c1-27(43-26-28(2)50-13-5-6-33(50)25-40)24-39(38(41)44-45-42)34-11-9-31(36(51)48-18-14-46(3)15-19-48)22-29(34)7-8-30-23-32(10-12-35(30)39)37(52)49-20-16-47(4)17-21-49/h9-12,22-23,27,33,43H,2,5-8,13-21,24,26H2,1,3-4H3,(H3,41,42,44)/t27-,33?/m0/s1. The lowest BCUT2D eigenvalue weighted by Crippen LogP contribution is -2.47. The van der Waals surface area contributed by atoms with Crippen molar-refractivity contribution in [2.75, 3.05) is 79.5 Å². The Labute approximate surface area is 307 Å². The molecule has 0 saturated carbocycles. The molecule has 6 rings (SSSR count). The van der Waals surface area contributed by atoms with Crippen LogP contribution in [0.2, 0.25) is 0 Å². The number of carbonyl (C=O) groups is 2. The number of likely N-dealkylation sites (N-methyl/N-ethyl adjacent to an activating group) is 2. The Morgan fingerprint density at radius 1 is 0.942 bits per heavy atom. The summed E-state index contributed by atoms with van der Waals surface area (Å²) in [5, 5.41) is 30.6. The lowest BCUT2D eigenvalue weighted by Gasteiger charge is -2.38. The Morgan fingerprint density at radius 3 is 1.94 bits per heavy atom. The minimum absolute atomic E-state index is 0.00572. The van der Waals surface area contributed by atoms with Crippen LogP contribution in [0.15, 0.2) is 59.0 Å². The van der Waals surface area contributed by atoms with Gasteiger partial charge in [-0.3, -0.25) is 15.0 Å². The number of rotatable bonds is 9. The second kappa shape index (κ2) is 15.9. The molecule has 2 aromatic rings. The molecule has 1 unspecified atom stereocenters. The van der Waals surface area contributed by atoms with Gasteiger partial charge in [0.25, 0.3) is 11.8 Å². The van der Waals surface area contributed by atoms with Crippen LogP contribution in [0.3, 0.4) is 0 Å². The molecule has 0 radical (unpaired) electrons. The van der Waals surface area contributed by atoms with Gasteiger partial charge in [-0.15, -0.1) is 5.11 Å². The zero-order valence-corrected chi connectivity index (χ0v) is 30.9.